The van der Waals surface area contributed by atoms with Crippen LogP contribution in [0.15, 0.2) is 30.5 Å². The first-order valence-electron chi connectivity index (χ1n) is 8.81. The molecule has 2 aliphatic rings. The van der Waals surface area contributed by atoms with Crippen molar-refractivity contribution in [3.8, 4) is 0 Å². The van der Waals surface area contributed by atoms with E-state index in [2.05, 4.69) is 40.3 Å². The van der Waals surface area contributed by atoms with Crippen molar-refractivity contribution in [2.75, 3.05) is 13.1 Å². The second-order valence-corrected chi connectivity index (χ2v) is 6.79. The van der Waals surface area contributed by atoms with Gasteiger partial charge in [0, 0.05) is 23.6 Å². The highest BCUT2D eigenvalue weighted by molar-refractivity contribution is 5.83. The van der Waals surface area contributed by atoms with Crippen molar-refractivity contribution in [3.63, 3.8) is 0 Å². The highest BCUT2D eigenvalue weighted by atomic mass is 16.5. The number of benzene rings is 1. The van der Waals surface area contributed by atoms with Gasteiger partial charge < -0.3 is 9.72 Å². The Kier molecular flexibility index (Phi) is 4.08. The number of carbonyl (C=O) groups is 1. The number of H-pyrrole nitrogens is 1. The van der Waals surface area contributed by atoms with Crippen LogP contribution < -0.4 is 0 Å². The maximum Gasteiger partial charge on any atom is 0.323 e. The molecule has 0 bridgehead atoms. The van der Waals surface area contributed by atoms with Crippen molar-refractivity contribution in [1.29, 1.82) is 0 Å². The average molecular weight is 312 g/mol. The van der Waals surface area contributed by atoms with Gasteiger partial charge in [-0.25, -0.2) is 0 Å². The summed E-state index contributed by atoms with van der Waals surface area (Å²) in [4.78, 5) is 18.0. The summed E-state index contributed by atoms with van der Waals surface area (Å²) in [6.45, 7) is 1.93. The lowest BCUT2D eigenvalue weighted by Gasteiger charge is -2.29. The predicted octanol–water partition coefficient (Wildman–Crippen LogP) is 3.27. The Hall–Kier alpha value is -1.81. The first-order chi connectivity index (χ1) is 11.3. The average Bonchev–Trinajstić information content (AvgIpc) is 3.15. The number of nitrogens with zero attached hydrogens (tertiary/aromatic N) is 1. The van der Waals surface area contributed by atoms with Gasteiger partial charge in [0.15, 0.2) is 0 Å². The predicted molar refractivity (Wildman–Crippen MR) is 90.3 cm³/mol. The Bertz CT molecular complexity index is 689. The van der Waals surface area contributed by atoms with Gasteiger partial charge in [-0.15, -0.1) is 0 Å². The number of para-hydroxylation sites is 1. The minimum atomic E-state index is -0.0270. The van der Waals surface area contributed by atoms with E-state index in [0.717, 1.165) is 45.2 Å². The molecule has 1 aromatic carbocycles. The molecule has 1 saturated carbocycles. The van der Waals surface area contributed by atoms with E-state index < -0.39 is 0 Å². The van der Waals surface area contributed by atoms with Gasteiger partial charge in [0.25, 0.3) is 0 Å². The van der Waals surface area contributed by atoms with E-state index in [9.17, 15) is 4.79 Å². The fourth-order valence-electron chi connectivity index (χ4n) is 3.69. The molecule has 4 rings (SSSR count). The van der Waals surface area contributed by atoms with Gasteiger partial charge in [0.2, 0.25) is 0 Å². The van der Waals surface area contributed by atoms with Crippen LogP contribution in [0.3, 0.4) is 0 Å². The zero-order chi connectivity index (χ0) is 15.6. The van der Waals surface area contributed by atoms with E-state index in [1.807, 2.05) is 0 Å². The maximum absolute atomic E-state index is 12.4. The Morgan fingerprint density at radius 3 is 2.91 bits per heavy atom. The van der Waals surface area contributed by atoms with Crippen molar-refractivity contribution < 1.29 is 9.53 Å². The SMILES string of the molecule is O=C(OC1CCC1)C1CCCN1CCc1c[nH]c2ccccc12. The molecule has 2 aromatic rings. The lowest BCUT2D eigenvalue weighted by atomic mass is 9.96. The van der Waals surface area contributed by atoms with Crippen molar-refractivity contribution >= 4 is 16.9 Å². The van der Waals surface area contributed by atoms with Crippen LogP contribution in [-0.4, -0.2) is 41.1 Å². The number of esters is 1. The summed E-state index contributed by atoms with van der Waals surface area (Å²) in [5.41, 5.74) is 2.52. The van der Waals surface area contributed by atoms with Crippen LogP contribution in [0.2, 0.25) is 0 Å². The van der Waals surface area contributed by atoms with Gasteiger partial charge in [-0.3, -0.25) is 9.69 Å². The van der Waals surface area contributed by atoms with Gasteiger partial charge in [-0.1, -0.05) is 18.2 Å². The third-order valence-corrected chi connectivity index (χ3v) is 5.31. The number of rotatable bonds is 5. The first-order valence-corrected chi connectivity index (χ1v) is 8.81. The number of aromatic nitrogens is 1. The molecule has 1 N–H and O–H groups in total. The zero-order valence-corrected chi connectivity index (χ0v) is 13.5. The number of fused-ring (bicyclic) bond motifs is 1. The van der Waals surface area contributed by atoms with Crippen molar-refractivity contribution in [1.82, 2.24) is 9.88 Å². The summed E-state index contributed by atoms with van der Waals surface area (Å²) in [7, 11) is 0. The molecule has 1 saturated heterocycles. The third-order valence-electron chi connectivity index (χ3n) is 5.31. The molecule has 2 heterocycles. The highest BCUT2D eigenvalue weighted by Crippen LogP contribution is 2.26. The molecule has 1 aromatic heterocycles. The number of hydrogen-bond acceptors (Lipinski definition) is 3. The van der Waals surface area contributed by atoms with Crippen molar-refractivity contribution in [2.45, 2.75) is 50.7 Å². The van der Waals surface area contributed by atoms with Crippen LogP contribution in [0.5, 0.6) is 0 Å². The van der Waals surface area contributed by atoms with E-state index in [1.165, 1.54) is 22.9 Å². The molecule has 1 atom stereocenters. The standard InChI is InChI=1S/C19H24N2O2/c22-19(23-15-5-3-6-15)18-9-4-11-21(18)12-10-14-13-20-17-8-2-1-7-16(14)17/h1-2,7-8,13,15,18,20H,3-6,9-12H2. The number of likely N-dealkylation sites (tertiary alicyclic amines) is 1. The smallest absolute Gasteiger partial charge is 0.323 e. The molecule has 122 valence electrons. The number of nitrogens with one attached hydrogen (secondary N) is 1. The number of carbonyl (C=O) groups excluding carboxylic acids is 1. The second kappa shape index (κ2) is 6.36. The highest BCUT2D eigenvalue weighted by Gasteiger charge is 2.34. The van der Waals surface area contributed by atoms with Crippen LogP contribution in [0.1, 0.15) is 37.7 Å². The largest absolute Gasteiger partial charge is 0.461 e. The summed E-state index contributed by atoms with van der Waals surface area (Å²) < 4.78 is 5.62. The molecular formula is C19H24N2O2. The van der Waals surface area contributed by atoms with E-state index in [1.54, 1.807) is 0 Å². The zero-order valence-electron chi connectivity index (χ0n) is 13.5. The molecule has 4 heteroatoms. The van der Waals surface area contributed by atoms with E-state index in [4.69, 9.17) is 4.74 Å². The molecule has 0 spiro atoms. The first kappa shape index (κ1) is 14.8. The molecule has 4 nitrogen and oxygen atoms in total. The van der Waals surface area contributed by atoms with Gasteiger partial charge in [0.1, 0.15) is 12.1 Å². The minimum absolute atomic E-state index is 0.00567. The minimum Gasteiger partial charge on any atom is -0.461 e. The Balaban J connectivity index is 1.38. The van der Waals surface area contributed by atoms with Gasteiger partial charge in [0.05, 0.1) is 0 Å². The van der Waals surface area contributed by atoms with Crippen LogP contribution >= 0.6 is 0 Å². The molecular weight excluding hydrogens is 288 g/mol. The molecule has 1 aliphatic heterocycles. The summed E-state index contributed by atoms with van der Waals surface area (Å²) in [6.07, 6.45) is 8.60. The number of hydrogen-bond donors (Lipinski definition) is 1. The second-order valence-electron chi connectivity index (χ2n) is 6.79. The van der Waals surface area contributed by atoms with Crippen LogP contribution in [-0.2, 0) is 16.0 Å². The van der Waals surface area contributed by atoms with Crippen LogP contribution in [0.4, 0.5) is 0 Å². The normalized spacial score (nSPS) is 22.3. The lowest BCUT2D eigenvalue weighted by Crippen LogP contribution is -2.41. The number of ether oxygens (including phenoxy) is 1. The molecule has 1 unspecified atom stereocenters. The fourth-order valence-corrected chi connectivity index (χ4v) is 3.69. The molecule has 2 fully saturated rings. The fraction of sp³-hybridized carbons (Fsp3) is 0.526. The van der Waals surface area contributed by atoms with E-state index >= 15 is 0 Å². The molecule has 0 radical (unpaired) electrons. The number of aromatic amines is 1. The molecule has 23 heavy (non-hydrogen) atoms. The van der Waals surface area contributed by atoms with Gasteiger partial charge in [-0.05, 0) is 56.7 Å². The van der Waals surface area contributed by atoms with Crippen molar-refractivity contribution in [3.05, 3.63) is 36.0 Å². The Morgan fingerprint density at radius 2 is 2.09 bits per heavy atom. The third kappa shape index (κ3) is 3.00. The topological polar surface area (TPSA) is 45.3 Å². The van der Waals surface area contributed by atoms with Crippen molar-refractivity contribution in [2.24, 2.45) is 0 Å². The summed E-state index contributed by atoms with van der Waals surface area (Å²) in [5, 5.41) is 1.29. The molecule has 1 aliphatic carbocycles. The quantitative estimate of drug-likeness (QED) is 0.862. The van der Waals surface area contributed by atoms with Crippen LogP contribution in [0.25, 0.3) is 10.9 Å². The Labute approximate surface area is 136 Å². The van der Waals surface area contributed by atoms with Gasteiger partial charge >= 0.3 is 5.97 Å². The summed E-state index contributed by atoms with van der Waals surface area (Å²) in [5.74, 6) is 0.00567. The van der Waals surface area contributed by atoms with Gasteiger partial charge in [-0.2, -0.15) is 0 Å². The van der Waals surface area contributed by atoms with E-state index in [-0.39, 0.29) is 18.1 Å². The van der Waals surface area contributed by atoms with E-state index in [0.29, 0.717) is 0 Å². The summed E-state index contributed by atoms with van der Waals surface area (Å²) in [6, 6.07) is 8.37. The maximum atomic E-state index is 12.4. The molecule has 0 amide bonds. The van der Waals surface area contributed by atoms with Crippen LogP contribution in [0, 0.1) is 0 Å². The monoisotopic (exact) mass is 312 g/mol. The Morgan fingerprint density at radius 1 is 1.22 bits per heavy atom. The lowest BCUT2D eigenvalue weighted by molar-refractivity contribution is -0.158. The summed E-state index contributed by atoms with van der Waals surface area (Å²) >= 11 is 0.